The summed E-state index contributed by atoms with van der Waals surface area (Å²) in [4.78, 5) is 20.1. The molecule has 0 spiro atoms. The zero-order valence-corrected chi connectivity index (χ0v) is 12.1. The number of hydrogen-bond acceptors (Lipinski definition) is 7. The monoisotopic (exact) mass is 336 g/mol. The topological polar surface area (TPSA) is 131 Å². The lowest BCUT2D eigenvalue weighted by molar-refractivity contribution is -0.385. The number of nitro benzene ring substituents is 2. The van der Waals surface area contributed by atoms with Gasteiger partial charge in [0.05, 0.1) is 21.7 Å². The molecule has 2 aromatic carbocycles. The van der Waals surface area contributed by atoms with Crippen molar-refractivity contribution in [2.75, 3.05) is 5.43 Å². The minimum Gasteiger partial charge on any atom is -0.502 e. The number of hydrazone groups is 1. The number of benzene rings is 2. The Balaban J connectivity index is 2.23. The molecule has 2 N–H and O–H groups in total. The third-order valence-electron chi connectivity index (χ3n) is 2.74. The molecule has 2 aromatic rings. The van der Waals surface area contributed by atoms with E-state index in [0.29, 0.717) is 5.69 Å². The second-order valence-electron chi connectivity index (χ2n) is 4.30. The van der Waals surface area contributed by atoms with Crippen LogP contribution in [-0.4, -0.2) is 21.2 Å². The number of nitrogens with zero attached hydrogens (tertiary/aromatic N) is 3. The molecule has 118 valence electrons. The first-order valence-corrected chi connectivity index (χ1v) is 6.46. The van der Waals surface area contributed by atoms with Gasteiger partial charge in [-0.05, 0) is 12.1 Å². The van der Waals surface area contributed by atoms with E-state index in [9.17, 15) is 25.3 Å². The zero-order chi connectivity index (χ0) is 17.0. The fraction of sp³-hybridized carbons (Fsp3) is 0. The van der Waals surface area contributed by atoms with Gasteiger partial charge in [-0.2, -0.15) is 5.10 Å². The van der Waals surface area contributed by atoms with E-state index >= 15 is 0 Å². The molecule has 0 aliphatic heterocycles. The second-order valence-corrected chi connectivity index (χ2v) is 4.73. The van der Waals surface area contributed by atoms with Gasteiger partial charge in [0, 0.05) is 28.8 Å². The summed E-state index contributed by atoms with van der Waals surface area (Å²) in [5.74, 6) is -0.580. The van der Waals surface area contributed by atoms with Crippen molar-refractivity contribution in [1.29, 1.82) is 0 Å². The molecule has 0 radical (unpaired) electrons. The normalized spacial score (nSPS) is 10.7. The van der Waals surface area contributed by atoms with Crippen LogP contribution in [0.25, 0.3) is 0 Å². The number of rotatable bonds is 5. The summed E-state index contributed by atoms with van der Waals surface area (Å²) in [5.41, 5.74) is 2.23. The number of nitro groups is 2. The quantitative estimate of drug-likeness (QED) is 0.489. The first kappa shape index (κ1) is 16.2. The standard InChI is InChI=1S/C13H9ClN4O5/c14-9-4-8(13(19)12(5-9)18(22)23)7-15-16-10-2-1-3-11(6-10)17(20)21/h1-7,16,19H. The highest BCUT2D eigenvalue weighted by molar-refractivity contribution is 6.31. The number of aromatic hydroxyl groups is 1. The van der Waals surface area contributed by atoms with Gasteiger partial charge >= 0.3 is 5.69 Å². The lowest BCUT2D eigenvalue weighted by Gasteiger charge is -2.02. The average molecular weight is 337 g/mol. The molecule has 0 heterocycles. The largest absolute Gasteiger partial charge is 0.502 e. The maximum Gasteiger partial charge on any atom is 0.312 e. The first-order chi connectivity index (χ1) is 10.9. The van der Waals surface area contributed by atoms with Gasteiger partial charge in [-0.25, -0.2) is 0 Å². The van der Waals surface area contributed by atoms with Gasteiger partial charge < -0.3 is 5.11 Å². The van der Waals surface area contributed by atoms with Crippen LogP contribution in [0.1, 0.15) is 5.56 Å². The van der Waals surface area contributed by atoms with Crippen molar-refractivity contribution in [2.45, 2.75) is 0 Å². The van der Waals surface area contributed by atoms with Gasteiger partial charge in [0.15, 0.2) is 0 Å². The molecule has 0 aromatic heterocycles. The van der Waals surface area contributed by atoms with Crippen LogP contribution in [0, 0.1) is 20.2 Å². The molecule has 0 bridgehead atoms. The van der Waals surface area contributed by atoms with Crippen LogP contribution in [0.3, 0.4) is 0 Å². The third-order valence-corrected chi connectivity index (χ3v) is 2.95. The Labute approximate surface area is 134 Å². The molecule has 9 nitrogen and oxygen atoms in total. The minimum absolute atomic E-state index is 0.0298. The molecule has 0 saturated heterocycles. The molecule has 0 aliphatic rings. The van der Waals surface area contributed by atoms with Gasteiger partial charge in [-0.3, -0.25) is 25.7 Å². The van der Waals surface area contributed by atoms with Gasteiger partial charge in [0.25, 0.3) is 5.69 Å². The molecule has 0 atom stereocenters. The molecule has 0 saturated carbocycles. The highest BCUT2D eigenvalue weighted by atomic mass is 35.5. The van der Waals surface area contributed by atoms with Crippen LogP contribution in [0.5, 0.6) is 5.75 Å². The summed E-state index contributed by atoms with van der Waals surface area (Å²) in [6.07, 6.45) is 1.12. The van der Waals surface area contributed by atoms with Crippen molar-refractivity contribution in [3.63, 3.8) is 0 Å². The first-order valence-electron chi connectivity index (χ1n) is 6.09. The zero-order valence-electron chi connectivity index (χ0n) is 11.3. The van der Waals surface area contributed by atoms with Crippen LogP contribution in [0.4, 0.5) is 17.1 Å². The number of anilines is 1. The molecular formula is C13H9ClN4O5. The van der Waals surface area contributed by atoms with Crippen LogP contribution in [0.15, 0.2) is 41.5 Å². The van der Waals surface area contributed by atoms with Crippen molar-refractivity contribution >= 4 is 34.9 Å². The number of halogens is 1. The van der Waals surface area contributed by atoms with Crippen molar-refractivity contribution in [2.24, 2.45) is 5.10 Å². The summed E-state index contributed by atoms with van der Waals surface area (Å²) in [6.45, 7) is 0. The molecule has 0 amide bonds. The van der Waals surface area contributed by atoms with Crippen molar-refractivity contribution < 1.29 is 15.0 Å². The molecule has 2 rings (SSSR count). The van der Waals surface area contributed by atoms with E-state index < -0.39 is 21.3 Å². The van der Waals surface area contributed by atoms with Crippen LogP contribution in [0.2, 0.25) is 5.02 Å². The Morgan fingerprint density at radius 3 is 2.57 bits per heavy atom. The molecule has 0 aliphatic carbocycles. The predicted octanol–water partition coefficient (Wildman–Crippen LogP) is 3.31. The Bertz CT molecular complexity index is 809. The Hall–Kier alpha value is -3.20. The molecule has 10 heteroatoms. The van der Waals surface area contributed by atoms with Crippen molar-refractivity contribution in [3.05, 3.63) is 67.2 Å². The third kappa shape index (κ3) is 3.92. The van der Waals surface area contributed by atoms with E-state index in [4.69, 9.17) is 11.6 Å². The van der Waals surface area contributed by atoms with Gasteiger partial charge in [0.1, 0.15) is 0 Å². The van der Waals surface area contributed by atoms with E-state index in [1.807, 2.05) is 0 Å². The maximum absolute atomic E-state index is 10.8. The second kappa shape index (κ2) is 6.71. The number of phenolic OH excluding ortho intramolecular Hbond substituents is 1. The molecular weight excluding hydrogens is 328 g/mol. The SMILES string of the molecule is O=[N+]([O-])c1cccc(NN=Cc2cc(Cl)cc([N+](=O)[O-])c2O)c1. The van der Waals surface area contributed by atoms with Crippen molar-refractivity contribution in [1.82, 2.24) is 0 Å². The maximum atomic E-state index is 10.8. The van der Waals surface area contributed by atoms with E-state index in [0.717, 1.165) is 12.3 Å². The van der Waals surface area contributed by atoms with Gasteiger partial charge in [-0.1, -0.05) is 17.7 Å². The summed E-state index contributed by atoms with van der Waals surface area (Å²) >= 11 is 5.75. The highest BCUT2D eigenvalue weighted by Gasteiger charge is 2.17. The summed E-state index contributed by atoms with van der Waals surface area (Å²) in [6, 6.07) is 7.91. The number of hydrogen-bond donors (Lipinski definition) is 2. The summed E-state index contributed by atoms with van der Waals surface area (Å²) in [5, 5.41) is 35.1. The van der Waals surface area contributed by atoms with Crippen molar-refractivity contribution in [3.8, 4) is 5.75 Å². The number of non-ortho nitro benzene ring substituents is 1. The van der Waals surface area contributed by atoms with Gasteiger partial charge in [-0.15, -0.1) is 0 Å². The molecule has 0 unspecified atom stereocenters. The smallest absolute Gasteiger partial charge is 0.312 e. The van der Waals surface area contributed by atoms with Crippen LogP contribution < -0.4 is 5.43 Å². The Morgan fingerprint density at radius 2 is 1.91 bits per heavy atom. The van der Waals surface area contributed by atoms with E-state index in [2.05, 4.69) is 10.5 Å². The molecule has 23 heavy (non-hydrogen) atoms. The van der Waals surface area contributed by atoms with E-state index in [1.54, 1.807) is 6.07 Å². The number of nitrogens with one attached hydrogen (secondary N) is 1. The number of phenols is 1. The van der Waals surface area contributed by atoms with E-state index in [1.165, 1.54) is 24.3 Å². The molecule has 0 fully saturated rings. The Morgan fingerprint density at radius 1 is 1.17 bits per heavy atom. The highest BCUT2D eigenvalue weighted by Crippen LogP contribution is 2.32. The predicted molar refractivity (Wildman–Crippen MR) is 84.1 cm³/mol. The average Bonchev–Trinajstić information content (AvgIpc) is 2.50. The minimum atomic E-state index is -0.771. The Kier molecular flexibility index (Phi) is 4.72. The fourth-order valence-corrected chi connectivity index (χ4v) is 1.93. The van der Waals surface area contributed by atoms with Crippen LogP contribution in [-0.2, 0) is 0 Å². The lowest BCUT2D eigenvalue weighted by atomic mass is 10.2. The summed E-state index contributed by atoms with van der Waals surface area (Å²) < 4.78 is 0. The lowest BCUT2D eigenvalue weighted by Crippen LogP contribution is -1.95. The van der Waals surface area contributed by atoms with E-state index in [-0.39, 0.29) is 16.3 Å². The van der Waals surface area contributed by atoms with Crippen LogP contribution >= 0.6 is 11.6 Å². The summed E-state index contributed by atoms with van der Waals surface area (Å²) in [7, 11) is 0. The van der Waals surface area contributed by atoms with Gasteiger partial charge in [0.2, 0.25) is 5.75 Å². The fourth-order valence-electron chi connectivity index (χ4n) is 1.71.